The van der Waals surface area contributed by atoms with Gasteiger partial charge in [0.1, 0.15) is 28.9 Å². The van der Waals surface area contributed by atoms with E-state index in [0.717, 1.165) is 18.2 Å². The number of hydrogen-bond acceptors (Lipinski definition) is 3. The molecule has 2 aromatic carbocycles. The Balaban J connectivity index is 1.64. The average molecular weight is 507 g/mol. The first-order chi connectivity index (χ1) is 16.7. The van der Waals surface area contributed by atoms with Crippen molar-refractivity contribution in [3.05, 3.63) is 70.8 Å². The number of aliphatic hydroxyl groups is 1. The molecule has 196 valence electrons. The van der Waals surface area contributed by atoms with Crippen molar-refractivity contribution in [2.75, 3.05) is 26.2 Å². The zero-order valence-corrected chi connectivity index (χ0v) is 21.4. The third kappa shape index (κ3) is 4.54. The van der Waals surface area contributed by atoms with Crippen molar-refractivity contribution in [3.8, 4) is 0 Å². The minimum Gasteiger partial charge on any atom is -0.384 e. The summed E-state index contributed by atoms with van der Waals surface area (Å²) in [5.74, 6) is -5.58. The second-order valence-electron chi connectivity index (χ2n) is 11.4. The molecule has 0 saturated carbocycles. The molecule has 0 bridgehead atoms. The fourth-order valence-corrected chi connectivity index (χ4v) is 6.01. The van der Waals surface area contributed by atoms with E-state index in [-0.39, 0.29) is 30.1 Å². The van der Waals surface area contributed by atoms with E-state index in [1.807, 2.05) is 20.8 Å². The first-order valence-electron chi connectivity index (χ1n) is 12.4. The predicted octanol–water partition coefficient (Wildman–Crippen LogP) is 5.06. The number of hydrogen-bond donors (Lipinski definition) is 1. The number of halogens is 4. The van der Waals surface area contributed by atoms with Gasteiger partial charge in [0.05, 0.1) is 11.5 Å². The third-order valence-corrected chi connectivity index (χ3v) is 8.11. The molecule has 0 aromatic heterocycles. The summed E-state index contributed by atoms with van der Waals surface area (Å²) in [5, 5.41) is 11.5. The molecule has 1 unspecified atom stereocenters. The van der Waals surface area contributed by atoms with Gasteiger partial charge in [-0.15, -0.1) is 0 Å². The molecule has 5 atom stereocenters. The van der Waals surface area contributed by atoms with E-state index in [0.29, 0.717) is 18.7 Å². The van der Waals surface area contributed by atoms with Crippen LogP contribution in [-0.4, -0.2) is 52.5 Å². The largest absolute Gasteiger partial charge is 0.384 e. The van der Waals surface area contributed by atoms with Crippen molar-refractivity contribution in [3.63, 3.8) is 0 Å². The van der Waals surface area contributed by atoms with Gasteiger partial charge in [0.25, 0.3) is 0 Å². The molecule has 2 aromatic rings. The van der Waals surface area contributed by atoms with Crippen molar-refractivity contribution < 1.29 is 27.5 Å². The van der Waals surface area contributed by atoms with Crippen LogP contribution < -0.4 is 0 Å². The Morgan fingerprint density at radius 1 is 0.917 bits per heavy atom. The van der Waals surface area contributed by atoms with Crippen LogP contribution in [0.1, 0.15) is 51.7 Å². The number of nitrogens with zero attached hydrogens (tertiary/aromatic N) is 2. The Kier molecular flexibility index (Phi) is 6.99. The van der Waals surface area contributed by atoms with Crippen molar-refractivity contribution >= 4 is 5.91 Å². The lowest BCUT2D eigenvalue weighted by molar-refractivity contribution is -0.153. The van der Waals surface area contributed by atoms with E-state index < -0.39 is 52.5 Å². The summed E-state index contributed by atoms with van der Waals surface area (Å²) in [6.45, 7) is 10.4. The average Bonchev–Trinajstić information content (AvgIpc) is 3.22. The van der Waals surface area contributed by atoms with E-state index in [1.165, 1.54) is 18.2 Å². The number of carbonyl (C=O) groups is 1. The van der Waals surface area contributed by atoms with Crippen molar-refractivity contribution in [2.24, 2.45) is 17.8 Å². The van der Waals surface area contributed by atoms with Gasteiger partial charge in [-0.3, -0.25) is 9.69 Å². The zero-order valence-electron chi connectivity index (χ0n) is 21.4. The van der Waals surface area contributed by atoms with Gasteiger partial charge >= 0.3 is 0 Å². The molecule has 2 fully saturated rings. The van der Waals surface area contributed by atoms with Crippen LogP contribution in [0.15, 0.2) is 36.4 Å². The van der Waals surface area contributed by atoms with Crippen LogP contribution in [0.25, 0.3) is 0 Å². The third-order valence-electron chi connectivity index (χ3n) is 8.11. The maximum Gasteiger partial charge on any atom is 0.227 e. The first kappa shape index (κ1) is 26.6. The highest BCUT2D eigenvalue weighted by atomic mass is 19.1. The molecule has 2 saturated heterocycles. The molecule has 0 spiro atoms. The Labute approximate surface area is 209 Å². The smallest absolute Gasteiger partial charge is 0.227 e. The summed E-state index contributed by atoms with van der Waals surface area (Å²) >= 11 is 0. The number of piperidine rings is 1. The maximum absolute atomic E-state index is 14.8. The number of benzene rings is 2. The van der Waals surface area contributed by atoms with Crippen molar-refractivity contribution in [1.29, 1.82) is 0 Å². The van der Waals surface area contributed by atoms with Gasteiger partial charge in [-0.05, 0) is 44.5 Å². The quantitative estimate of drug-likeness (QED) is 0.592. The van der Waals surface area contributed by atoms with E-state index >= 15 is 0 Å². The lowest BCUT2D eigenvalue weighted by atomic mass is 9.70. The second kappa shape index (κ2) is 9.45. The lowest BCUT2D eigenvalue weighted by Gasteiger charge is -2.48. The molecule has 36 heavy (non-hydrogen) atoms. The van der Waals surface area contributed by atoms with Crippen molar-refractivity contribution in [2.45, 2.75) is 51.7 Å². The van der Waals surface area contributed by atoms with Crippen LogP contribution in [0.3, 0.4) is 0 Å². The van der Waals surface area contributed by atoms with Gasteiger partial charge in [0, 0.05) is 55.5 Å². The summed E-state index contributed by atoms with van der Waals surface area (Å²) in [5.41, 5.74) is -2.14. The Morgan fingerprint density at radius 3 is 2.03 bits per heavy atom. The zero-order chi connectivity index (χ0) is 26.6. The van der Waals surface area contributed by atoms with Crippen LogP contribution >= 0.6 is 0 Å². The standard InChI is InChI=1S/C28H34F4N2O2/c1-16-12-33(13-17(2)28(16,36)25-22(30)7-6-8-23(25)31)26(35)21-15-34(27(3,4)5)14-20(21)19-10-9-18(29)11-24(19)32/h6-11,16-17,20-21,36H,12-15H2,1-5H3/t16-,17+,20-,21+,28?/m0/s1. The molecular weight excluding hydrogens is 472 g/mol. The van der Waals surface area contributed by atoms with Gasteiger partial charge in [-0.2, -0.15) is 0 Å². The maximum atomic E-state index is 14.8. The molecule has 4 rings (SSSR count). The monoisotopic (exact) mass is 506 g/mol. The Hall–Kier alpha value is -2.45. The summed E-state index contributed by atoms with van der Waals surface area (Å²) in [4.78, 5) is 17.6. The molecule has 2 heterocycles. The molecule has 0 aliphatic carbocycles. The Morgan fingerprint density at radius 2 is 1.50 bits per heavy atom. The molecule has 4 nitrogen and oxygen atoms in total. The van der Waals surface area contributed by atoms with Crippen molar-refractivity contribution in [1.82, 2.24) is 9.80 Å². The first-order valence-corrected chi connectivity index (χ1v) is 12.4. The highest BCUT2D eigenvalue weighted by Gasteiger charge is 2.52. The van der Waals surface area contributed by atoms with Gasteiger partial charge in [-0.25, -0.2) is 17.6 Å². The van der Waals surface area contributed by atoms with Gasteiger partial charge in [-0.1, -0.05) is 26.0 Å². The number of likely N-dealkylation sites (tertiary alicyclic amines) is 2. The Bertz CT molecular complexity index is 1120. The minimum atomic E-state index is -1.79. The van der Waals surface area contributed by atoms with E-state index in [9.17, 15) is 27.5 Å². The highest BCUT2D eigenvalue weighted by Crippen LogP contribution is 2.45. The minimum absolute atomic E-state index is 0.0953. The van der Waals surface area contributed by atoms with E-state index in [1.54, 1.807) is 18.7 Å². The summed E-state index contributed by atoms with van der Waals surface area (Å²) in [6.07, 6.45) is 0. The summed E-state index contributed by atoms with van der Waals surface area (Å²) in [6, 6.07) is 6.94. The molecule has 1 amide bonds. The number of rotatable bonds is 3. The SMILES string of the molecule is C[C@@H]1CN(C(=O)[C@@H]2CN(C(C)(C)C)C[C@H]2c2ccc(F)cc2F)C[C@H](C)C1(O)c1c(F)cccc1F. The van der Waals surface area contributed by atoms with E-state index in [4.69, 9.17) is 0 Å². The molecule has 2 aliphatic rings. The summed E-state index contributed by atoms with van der Waals surface area (Å²) < 4.78 is 57.7. The lowest BCUT2D eigenvalue weighted by Crippen LogP contribution is -2.57. The van der Waals surface area contributed by atoms with Crippen LogP contribution in [0.5, 0.6) is 0 Å². The van der Waals surface area contributed by atoms with Crippen LogP contribution in [0, 0.1) is 41.0 Å². The predicted molar refractivity (Wildman–Crippen MR) is 129 cm³/mol. The highest BCUT2D eigenvalue weighted by molar-refractivity contribution is 5.81. The second-order valence-corrected chi connectivity index (χ2v) is 11.4. The fraction of sp³-hybridized carbons (Fsp3) is 0.536. The molecule has 8 heteroatoms. The van der Waals surface area contributed by atoms with Crippen LogP contribution in [0.2, 0.25) is 0 Å². The van der Waals surface area contributed by atoms with Crippen LogP contribution in [0.4, 0.5) is 17.6 Å². The molecular formula is C28H34F4N2O2. The topological polar surface area (TPSA) is 43.8 Å². The summed E-state index contributed by atoms with van der Waals surface area (Å²) in [7, 11) is 0. The fourth-order valence-electron chi connectivity index (χ4n) is 6.01. The molecule has 0 radical (unpaired) electrons. The molecule has 1 N–H and O–H groups in total. The molecule has 2 aliphatic heterocycles. The number of amides is 1. The normalized spacial score (nSPS) is 29.6. The van der Waals surface area contributed by atoms with Gasteiger partial charge < -0.3 is 10.0 Å². The number of carbonyl (C=O) groups excluding carboxylic acids is 1. The van der Waals surface area contributed by atoms with E-state index in [2.05, 4.69) is 4.90 Å². The van der Waals surface area contributed by atoms with Crippen LogP contribution in [-0.2, 0) is 10.4 Å². The van der Waals surface area contributed by atoms with Gasteiger partial charge in [0.15, 0.2) is 0 Å². The van der Waals surface area contributed by atoms with Gasteiger partial charge in [0.2, 0.25) is 5.91 Å².